The van der Waals surface area contributed by atoms with Gasteiger partial charge in [0.05, 0.1) is 19.9 Å². The summed E-state index contributed by atoms with van der Waals surface area (Å²) in [5.41, 5.74) is 1.18. The Hall–Kier alpha value is -4.03. The summed E-state index contributed by atoms with van der Waals surface area (Å²) in [6.07, 6.45) is 2.91. The minimum atomic E-state index is -0.612. The molecule has 0 unspecified atom stereocenters. The molecule has 0 aliphatic heterocycles. The van der Waals surface area contributed by atoms with Gasteiger partial charge in [0, 0.05) is 10.0 Å². The standard InChI is InChI=1S/C28H27BrN2O6/c1-28(2,3)22-14-20(29)8-10-23(22)36-17-26(32)37-24-9-7-18(13-25(24)34-4)12-19(15-30)27(33)31-16-21-6-5-11-35-21/h5-14H,16-17H2,1-4H3,(H,31,33)/b19-12+. The Labute approximate surface area is 224 Å². The second-order valence-corrected chi connectivity index (χ2v) is 9.91. The number of nitriles is 1. The molecule has 1 N–H and O–H groups in total. The second kappa shape index (κ2) is 12.3. The Kier molecular flexibility index (Phi) is 9.15. The molecule has 2 aromatic carbocycles. The van der Waals surface area contributed by atoms with Crippen molar-refractivity contribution in [1.82, 2.24) is 5.32 Å². The van der Waals surface area contributed by atoms with Gasteiger partial charge in [0.1, 0.15) is 23.2 Å². The van der Waals surface area contributed by atoms with Gasteiger partial charge in [-0.2, -0.15) is 5.26 Å². The SMILES string of the molecule is COc1cc(/C=C(\C#N)C(=O)NCc2ccco2)ccc1OC(=O)COc1ccc(Br)cc1C(C)(C)C. The van der Waals surface area contributed by atoms with Crippen LogP contribution in [0, 0.1) is 11.3 Å². The van der Waals surface area contributed by atoms with Crippen LogP contribution in [0.3, 0.4) is 0 Å². The molecule has 0 radical (unpaired) electrons. The highest BCUT2D eigenvalue weighted by Gasteiger charge is 2.21. The third-order valence-electron chi connectivity index (χ3n) is 5.19. The Morgan fingerprint density at radius 3 is 2.51 bits per heavy atom. The number of ether oxygens (including phenoxy) is 3. The Morgan fingerprint density at radius 1 is 1.11 bits per heavy atom. The minimum absolute atomic E-state index is 0.101. The molecule has 1 amide bonds. The highest BCUT2D eigenvalue weighted by Crippen LogP contribution is 2.34. The molecule has 0 spiro atoms. The van der Waals surface area contributed by atoms with E-state index in [0.29, 0.717) is 17.1 Å². The fourth-order valence-electron chi connectivity index (χ4n) is 3.35. The monoisotopic (exact) mass is 566 g/mol. The van der Waals surface area contributed by atoms with Crippen LogP contribution in [0.25, 0.3) is 6.08 Å². The number of esters is 1. The zero-order valence-corrected chi connectivity index (χ0v) is 22.5. The van der Waals surface area contributed by atoms with Gasteiger partial charge in [0.2, 0.25) is 0 Å². The molecule has 0 fully saturated rings. The van der Waals surface area contributed by atoms with Crippen LogP contribution in [0.2, 0.25) is 0 Å². The number of carbonyl (C=O) groups excluding carboxylic acids is 2. The van der Waals surface area contributed by atoms with Crippen molar-refractivity contribution in [3.05, 3.63) is 81.7 Å². The lowest BCUT2D eigenvalue weighted by Crippen LogP contribution is -2.23. The normalized spacial score (nSPS) is 11.4. The molecule has 0 saturated heterocycles. The van der Waals surface area contributed by atoms with Crippen molar-refractivity contribution in [2.24, 2.45) is 0 Å². The lowest BCUT2D eigenvalue weighted by Gasteiger charge is -2.23. The van der Waals surface area contributed by atoms with Crippen molar-refractivity contribution in [1.29, 1.82) is 5.26 Å². The molecular formula is C28H27BrN2O6. The van der Waals surface area contributed by atoms with E-state index in [1.54, 1.807) is 30.3 Å². The predicted octanol–water partition coefficient (Wildman–Crippen LogP) is 5.56. The van der Waals surface area contributed by atoms with Gasteiger partial charge in [0.15, 0.2) is 18.1 Å². The van der Waals surface area contributed by atoms with Crippen molar-refractivity contribution in [3.8, 4) is 23.3 Å². The maximum atomic E-state index is 12.5. The fourth-order valence-corrected chi connectivity index (χ4v) is 3.71. The maximum absolute atomic E-state index is 12.5. The van der Waals surface area contributed by atoms with Crippen LogP contribution in [-0.2, 0) is 21.5 Å². The minimum Gasteiger partial charge on any atom is -0.493 e. The first-order chi connectivity index (χ1) is 17.6. The predicted molar refractivity (Wildman–Crippen MR) is 141 cm³/mol. The molecule has 9 heteroatoms. The smallest absolute Gasteiger partial charge is 0.349 e. The van der Waals surface area contributed by atoms with E-state index in [9.17, 15) is 14.9 Å². The van der Waals surface area contributed by atoms with E-state index in [1.165, 1.54) is 25.5 Å². The zero-order chi connectivity index (χ0) is 27.0. The summed E-state index contributed by atoms with van der Waals surface area (Å²) < 4.78 is 22.6. The Balaban J connectivity index is 1.67. The Morgan fingerprint density at radius 2 is 1.86 bits per heavy atom. The number of halogens is 1. The number of furan rings is 1. The Bertz CT molecular complexity index is 1330. The number of amides is 1. The van der Waals surface area contributed by atoms with Crippen LogP contribution < -0.4 is 19.5 Å². The van der Waals surface area contributed by atoms with Crippen molar-refractivity contribution >= 4 is 33.9 Å². The molecule has 0 aliphatic rings. The van der Waals surface area contributed by atoms with Crippen LogP contribution in [-0.4, -0.2) is 25.6 Å². The third-order valence-corrected chi connectivity index (χ3v) is 5.68. The third kappa shape index (κ3) is 7.72. The van der Waals surface area contributed by atoms with Crippen LogP contribution in [0.4, 0.5) is 0 Å². The highest BCUT2D eigenvalue weighted by atomic mass is 79.9. The molecule has 0 atom stereocenters. The molecule has 1 aromatic heterocycles. The van der Waals surface area contributed by atoms with Gasteiger partial charge in [-0.25, -0.2) is 4.79 Å². The first-order valence-electron chi connectivity index (χ1n) is 11.3. The van der Waals surface area contributed by atoms with Crippen molar-refractivity contribution < 1.29 is 28.2 Å². The summed E-state index contributed by atoms with van der Waals surface area (Å²) >= 11 is 3.47. The fraction of sp³-hybridized carbons (Fsp3) is 0.250. The quantitative estimate of drug-likeness (QED) is 0.156. The van der Waals surface area contributed by atoms with Gasteiger partial charge in [0.25, 0.3) is 5.91 Å². The van der Waals surface area contributed by atoms with Gasteiger partial charge in [-0.3, -0.25) is 4.79 Å². The van der Waals surface area contributed by atoms with Crippen LogP contribution in [0.5, 0.6) is 17.2 Å². The van der Waals surface area contributed by atoms with E-state index in [0.717, 1.165) is 10.0 Å². The number of carbonyl (C=O) groups is 2. The van der Waals surface area contributed by atoms with Crippen molar-refractivity contribution in [2.45, 2.75) is 32.7 Å². The lowest BCUT2D eigenvalue weighted by molar-refractivity contribution is -0.136. The molecule has 37 heavy (non-hydrogen) atoms. The number of benzene rings is 2. The molecule has 8 nitrogen and oxygen atoms in total. The number of nitrogens with zero attached hydrogens (tertiary/aromatic N) is 1. The molecule has 3 rings (SSSR count). The summed E-state index contributed by atoms with van der Waals surface area (Å²) in [6.45, 7) is 6.02. The summed E-state index contributed by atoms with van der Waals surface area (Å²) in [4.78, 5) is 24.9. The van der Waals surface area contributed by atoms with Gasteiger partial charge in [-0.05, 0) is 59.5 Å². The molecule has 1 heterocycles. The maximum Gasteiger partial charge on any atom is 0.349 e. The van der Waals surface area contributed by atoms with E-state index in [-0.39, 0.29) is 35.6 Å². The number of hydrogen-bond donors (Lipinski definition) is 1. The largest absolute Gasteiger partial charge is 0.493 e. The molecule has 0 aliphatic carbocycles. The van der Waals surface area contributed by atoms with E-state index in [1.807, 2.05) is 18.2 Å². The van der Waals surface area contributed by atoms with Crippen molar-refractivity contribution in [2.75, 3.05) is 13.7 Å². The lowest BCUT2D eigenvalue weighted by atomic mass is 9.86. The van der Waals surface area contributed by atoms with Crippen molar-refractivity contribution in [3.63, 3.8) is 0 Å². The molecule has 0 bridgehead atoms. The van der Waals surface area contributed by atoms with E-state index in [4.69, 9.17) is 18.6 Å². The number of hydrogen-bond acceptors (Lipinski definition) is 7. The highest BCUT2D eigenvalue weighted by molar-refractivity contribution is 9.10. The molecule has 192 valence electrons. The van der Waals surface area contributed by atoms with E-state index in [2.05, 4.69) is 42.0 Å². The van der Waals surface area contributed by atoms with Gasteiger partial charge in [-0.15, -0.1) is 0 Å². The van der Waals surface area contributed by atoms with E-state index >= 15 is 0 Å². The summed E-state index contributed by atoms with van der Waals surface area (Å²) in [7, 11) is 1.43. The summed E-state index contributed by atoms with van der Waals surface area (Å²) in [6, 6.07) is 15.6. The zero-order valence-electron chi connectivity index (χ0n) is 21.0. The number of rotatable bonds is 9. The number of methoxy groups -OCH3 is 1. The van der Waals surface area contributed by atoms with Crippen LogP contribution in [0.15, 0.2) is 69.3 Å². The first kappa shape index (κ1) is 27.6. The summed E-state index contributed by atoms with van der Waals surface area (Å²) in [5, 5.41) is 12.1. The topological polar surface area (TPSA) is 111 Å². The molecular weight excluding hydrogens is 540 g/mol. The van der Waals surface area contributed by atoms with Crippen LogP contribution in [0.1, 0.15) is 37.7 Å². The van der Waals surface area contributed by atoms with Gasteiger partial charge >= 0.3 is 5.97 Å². The average molecular weight is 567 g/mol. The van der Waals surface area contributed by atoms with Gasteiger partial charge < -0.3 is 23.9 Å². The van der Waals surface area contributed by atoms with Gasteiger partial charge in [-0.1, -0.05) is 42.8 Å². The second-order valence-electron chi connectivity index (χ2n) is 9.00. The summed E-state index contributed by atoms with van der Waals surface area (Å²) in [5.74, 6) is 0.439. The first-order valence-corrected chi connectivity index (χ1v) is 12.1. The molecule has 3 aromatic rings. The molecule has 0 saturated carbocycles. The average Bonchev–Trinajstić information content (AvgIpc) is 3.39. The number of nitrogens with one attached hydrogen (secondary N) is 1. The van der Waals surface area contributed by atoms with Crippen LogP contribution >= 0.6 is 15.9 Å². The van der Waals surface area contributed by atoms with E-state index < -0.39 is 11.9 Å².